The van der Waals surface area contributed by atoms with E-state index in [-0.39, 0.29) is 30.7 Å². The van der Waals surface area contributed by atoms with Crippen LogP contribution in [0.4, 0.5) is 0 Å². The average molecular weight is 793 g/mol. The van der Waals surface area contributed by atoms with Gasteiger partial charge in [-0.3, -0.25) is 9.59 Å². The Bertz CT molecular complexity index is 1670. The third kappa shape index (κ3) is 13.3. The van der Waals surface area contributed by atoms with Crippen molar-refractivity contribution in [1.82, 2.24) is 0 Å². The summed E-state index contributed by atoms with van der Waals surface area (Å²) < 4.78 is 41.8. The molecule has 0 aromatic heterocycles. The lowest BCUT2D eigenvalue weighted by Crippen LogP contribution is -2.13. The molecule has 2 atom stereocenters. The van der Waals surface area contributed by atoms with Gasteiger partial charge in [0.25, 0.3) is 0 Å². The van der Waals surface area contributed by atoms with Crippen LogP contribution in [0.5, 0.6) is 46.0 Å². The summed E-state index contributed by atoms with van der Waals surface area (Å²) >= 11 is 11.4. The number of phenols is 2. The molecule has 4 aromatic rings. The van der Waals surface area contributed by atoms with Crippen molar-refractivity contribution in [2.75, 3.05) is 55.9 Å². The van der Waals surface area contributed by atoms with Gasteiger partial charge in [-0.05, 0) is 97.8 Å². The Morgan fingerprint density at radius 3 is 1.36 bits per heavy atom. The maximum Gasteiger partial charge on any atom is 0.328 e. The summed E-state index contributed by atoms with van der Waals surface area (Å²) in [6.07, 6.45) is 0. The van der Waals surface area contributed by atoms with E-state index in [9.17, 15) is 14.7 Å². The number of methoxy groups -OCH3 is 6. The Kier molecular flexibility index (Phi) is 19.3. The fraction of sp³-hybridized carbons (Fsp3) is 0.316. The first kappa shape index (κ1) is 44.4. The first-order valence-corrected chi connectivity index (χ1v) is 17.7. The van der Waals surface area contributed by atoms with Gasteiger partial charge in [-0.2, -0.15) is 0 Å². The van der Waals surface area contributed by atoms with E-state index in [0.717, 1.165) is 9.79 Å². The van der Waals surface area contributed by atoms with E-state index >= 15 is 0 Å². The number of phenolic OH excluding ortho intramolecular Hbond substituents is 2. The number of esters is 2. The van der Waals surface area contributed by atoms with Gasteiger partial charge in [0.05, 0.1) is 55.9 Å². The zero-order chi connectivity index (χ0) is 39.5. The van der Waals surface area contributed by atoms with Crippen LogP contribution in [0.1, 0.15) is 35.6 Å². The van der Waals surface area contributed by atoms with Crippen LogP contribution in [0.15, 0.2) is 82.6 Å². The van der Waals surface area contributed by atoms with E-state index in [4.69, 9.17) is 54.6 Å². The number of thiol groups is 1. The SMILES string of the molecule is CCOC(=O)C(Cl)c1cc(OC)c(OC)c(OC)c1.CCOC(=O)C(Sc1ccc(O)cc1)c1cc(OC)c(OC)c(OC)c1.Oc1ccc(S)cc1. The summed E-state index contributed by atoms with van der Waals surface area (Å²) in [7, 11) is 9.06. The van der Waals surface area contributed by atoms with Crippen LogP contribution < -0.4 is 28.4 Å². The highest BCUT2D eigenvalue weighted by Gasteiger charge is 2.27. The second-order valence-corrected chi connectivity index (χ2v) is 12.4. The molecule has 4 aromatic carbocycles. The van der Waals surface area contributed by atoms with Gasteiger partial charge in [0, 0.05) is 9.79 Å². The van der Waals surface area contributed by atoms with Crippen molar-refractivity contribution in [3.63, 3.8) is 0 Å². The van der Waals surface area contributed by atoms with Crippen LogP contribution in [0.3, 0.4) is 0 Å². The minimum Gasteiger partial charge on any atom is -0.508 e. The summed E-state index contributed by atoms with van der Waals surface area (Å²) in [6, 6.07) is 20.0. The lowest BCUT2D eigenvalue weighted by Gasteiger charge is -2.19. The standard InChI is InChI=1S/C19H22O6S.C13H17ClO5.C6H6OS/c1-5-25-19(21)18(26-14-8-6-13(20)7-9-14)12-10-15(22-2)17(24-4)16(11-12)23-3;1-5-19-13(15)11(14)8-6-9(16-2)12(18-4)10(7-8)17-3;7-5-1-3-6(8)4-2-5/h6-11,18,20H,5H2,1-4H3;6-7,11H,5H2,1-4H3;1-4,7-8H. The Hall–Kier alpha value is -4.79. The van der Waals surface area contributed by atoms with Crippen molar-refractivity contribution in [2.24, 2.45) is 0 Å². The van der Waals surface area contributed by atoms with Gasteiger partial charge in [-0.25, -0.2) is 0 Å². The number of hydrogen-bond acceptors (Lipinski definition) is 14. The van der Waals surface area contributed by atoms with E-state index in [1.165, 1.54) is 54.4 Å². The lowest BCUT2D eigenvalue weighted by atomic mass is 10.1. The molecule has 0 spiro atoms. The number of rotatable bonds is 14. The van der Waals surface area contributed by atoms with Crippen molar-refractivity contribution < 1.29 is 57.7 Å². The van der Waals surface area contributed by atoms with Gasteiger partial charge < -0.3 is 48.1 Å². The van der Waals surface area contributed by atoms with Crippen LogP contribution in [-0.2, 0) is 19.1 Å². The topological polar surface area (TPSA) is 148 Å². The van der Waals surface area contributed by atoms with Gasteiger partial charge in [0.2, 0.25) is 11.5 Å². The average Bonchev–Trinajstić information content (AvgIpc) is 3.17. The van der Waals surface area contributed by atoms with Crippen molar-refractivity contribution in [3.05, 3.63) is 83.9 Å². The van der Waals surface area contributed by atoms with E-state index in [2.05, 4.69) is 12.6 Å². The van der Waals surface area contributed by atoms with Gasteiger partial charge in [0.15, 0.2) is 28.4 Å². The highest BCUT2D eigenvalue weighted by atomic mass is 35.5. The molecule has 0 aliphatic rings. The summed E-state index contributed by atoms with van der Waals surface area (Å²) in [5.74, 6) is 2.25. The highest BCUT2D eigenvalue weighted by Crippen LogP contribution is 2.45. The predicted molar refractivity (Wildman–Crippen MR) is 206 cm³/mol. The molecule has 288 valence electrons. The van der Waals surface area contributed by atoms with Gasteiger partial charge in [-0.15, -0.1) is 36.0 Å². The zero-order valence-corrected chi connectivity index (χ0v) is 33.2. The molecule has 0 heterocycles. The number of hydrogen-bond donors (Lipinski definition) is 3. The molecule has 15 heteroatoms. The predicted octanol–water partition coefficient (Wildman–Crippen LogP) is 8.05. The number of alkyl halides is 1. The molecule has 53 heavy (non-hydrogen) atoms. The summed E-state index contributed by atoms with van der Waals surface area (Å²) in [4.78, 5) is 25.9. The Balaban J connectivity index is 0.000000313. The quantitative estimate of drug-likeness (QED) is 0.0490. The van der Waals surface area contributed by atoms with Crippen LogP contribution in [-0.4, -0.2) is 78.0 Å². The third-order valence-corrected chi connectivity index (χ3v) is 8.88. The number of aromatic hydroxyl groups is 2. The highest BCUT2D eigenvalue weighted by molar-refractivity contribution is 8.00. The molecule has 0 bridgehead atoms. The number of halogens is 1. The maximum atomic E-state index is 12.6. The van der Waals surface area contributed by atoms with E-state index in [1.54, 1.807) is 86.6 Å². The molecule has 0 radical (unpaired) electrons. The van der Waals surface area contributed by atoms with Gasteiger partial charge in [0.1, 0.15) is 16.7 Å². The molecule has 0 aliphatic heterocycles. The normalized spacial score (nSPS) is 11.2. The Morgan fingerprint density at radius 1 is 0.623 bits per heavy atom. The molecule has 0 saturated heterocycles. The first-order valence-electron chi connectivity index (χ1n) is 15.9. The molecule has 12 nitrogen and oxygen atoms in total. The molecule has 0 amide bonds. The number of carbonyl (C=O) groups is 2. The fourth-order valence-electron chi connectivity index (χ4n) is 4.44. The van der Waals surface area contributed by atoms with Crippen molar-refractivity contribution >= 4 is 47.9 Å². The van der Waals surface area contributed by atoms with E-state index in [0.29, 0.717) is 45.6 Å². The first-order chi connectivity index (χ1) is 25.4. The second kappa shape index (κ2) is 23.0. The van der Waals surface area contributed by atoms with Crippen LogP contribution in [0.2, 0.25) is 0 Å². The van der Waals surface area contributed by atoms with Crippen molar-refractivity contribution in [2.45, 2.75) is 34.3 Å². The lowest BCUT2D eigenvalue weighted by molar-refractivity contribution is -0.143. The molecule has 0 fully saturated rings. The molecular weight excluding hydrogens is 748 g/mol. The monoisotopic (exact) mass is 792 g/mol. The molecule has 0 saturated carbocycles. The summed E-state index contributed by atoms with van der Waals surface area (Å²) in [6.45, 7) is 4.02. The molecular formula is C38H45ClO12S2. The zero-order valence-electron chi connectivity index (χ0n) is 30.7. The minimum atomic E-state index is -0.923. The number of benzene rings is 4. The van der Waals surface area contributed by atoms with Gasteiger partial charge >= 0.3 is 11.9 Å². The molecule has 2 unspecified atom stereocenters. The maximum absolute atomic E-state index is 12.6. The second-order valence-electron chi connectivity index (χ2n) is 10.3. The summed E-state index contributed by atoms with van der Waals surface area (Å²) in [5, 5.41) is 16.6. The van der Waals surface area contributed by atoms with Crippen LogP contribution in [0, 0.1) is 0 Å². The van der Waals surface area contributed by atoms with Gasteiger partial charge in [-0.1, -0.05) is 0 Å². The molecule has 2 N–H and O–H groups in total. The van der Waals surface area contributed by atoms with Crippen LogP contribution >= 0.6 is 36.0 Å². The Labute approximate surface area is 324 Å². The van der Waals surface area contributed by atoms with E-state index < -0.39 is 16.6 Å². The van der Waals surface area contributed by atoms with Crippen LogP contribution in [0.25, 0.3) is 0 Å². The molecule has 4 rings (SSSR count). The largest absolute Gasteiger partial charge is 0.508 e. The van der Waals surface area contributed by atoms with Crippen molar-refractivity contribution in [1.29, 1.82) is 0 Å². The van der Waals surface area contributed by atoms with Crippen molar-refractivity contribution in [3.8, 4) is 46.0 Å². The number of carbonyl (C=O) groups excluding carboxylic acids is 2. The number of ether oxygens (including phenoxy) is 8. The van der Waals surface area contributed by atoms with E-state index in [1.807, 2.05) is 0 Å². The smallest absolute Gasteiger partial charge is 0.328 e. The number of thioether (sulfide) groups is 1. The molecule has 0 aliphatic carbocycles. The Morgan fingerprint density at radius 2 is 1.00 bits per heavy atom. The third-order valence-electron chi connectivity index (χ3n) is 6.90. The minimum absolute atomic E-state index is 0.162. The fourth-order valence-corrected chi connectivity index (χ4v) is 5.78. The summed E-state index contributed by atoms with van der Waals surface area (Å²) in [5.41, 5.74) is 1.19.